The van der Waals surface area contributed by atoms with Crippen LogP contribution in [0.15, 0.2) is 18.2 Å². The Bertz CT molecular complexity index is 505. The van der Waals surface area contributed by atoms with Gasteiger partial charge in [-0.15, -0.1) is 0 Å². The van der Waals surface area contributed by atoms with Gasteiger partial charge in [-0.25, -0.2) is 4.39 Å². The average Bonchev–Trinajstić information content (AvgIpc) is 2.37. The SMILES string of the molecule is N=C(N)c1c(F)cccc1N1CCC(C(F)(F)F)CC1. The van der Waals surface area contributed by atoms with Gasteiger partial charge in [0.1, 0.15) is 11.7 Å². The van der Waals surface area contributed by atoms with Crippen LogP contribution in [0.5, 0.6) is 0 Å². The first-order valence-electron chi connectivity index (χ1n) is 6.25. The maximum atomic E-state index is 13.7. The van der Waals surface area contributed by atoms with Crippen LogP contribution in [-0.4, -0.2) is 25.1 Å². The number of hydrogen-bond acceptors (Lipinski definition) is 2. The molecule has 1 aromatic carbocycles. The smallest absolute Gasteiger partial charge is 0.384 e. The molecular formula is C13H15F4N3. The van der Waals surface area contributed by atoms with Crippen molar-refractivity contribution in [2.45, 2.75) is 19.0 Å². The molecule has 0 radical (unpaired) electrons. The summed E-state index contributed by atoms with van der Waals surface area (Å²) in [6.45, 7) is 0.349. The van der Waals surface area contributed by atoms with Gasteiger partial charge in [0.2, 0.25) is 0 Å². The Kier molecular flexibility index (Phi) is 3.87. The van der Waals surface area contributed by atoms with Crippen LogP contribution >= 0.6 is 0 Å². The molecule has 0 atom stereocenters. The third kappa shape index (κ3) is 2.86. The van der Waals surface area contributed by atoms with Crippen LogP contribution in [-0.2, 0) is 0 Å². The molecule has 0 unspecified atom stereocenters. The summed E-state index contributed by atoms with van der Waals surface area (Å²) in [6, 6.07) is 4.23. The summed E-state index contributed by atoms with van der Waals surface area (Å²) >= 11 is 0. The summed E-state index contributed by atoms with van der Waals surface area (Å²) in [5.74, 6) is -2.36. The number of alkyl halides is 3. The normalized spacial score (nSPS) is 17.3. The molecule has 1 aliphatic rings. The maximum Gasteiger partial charge on any atom is 0.391 e. The highest BCUT2D eigenvalue weighted by Gasteiger charge is 2.41. The van der Waals surface area contributed by atoms with Gasteiger partial charge in [0.05, 0.1) is 17.2 Å². The fourth-order valence-corrected chi connectivity index (χ4v) is 2.49. The van der Waals surface area contributed by atoms with E-state index in [9.17, 15) is 17.6 Å². The zero-order valence-corrected chi connectivity index (χ0v) is 10.7. The maximum absolute atomic E-state index is 13.7. The van der Waals surface area contributed by atoms with Crippen molar-refractivity contribution >= 4 is 11.5 Å². The van der Waals surface area contributed by atoms with Crippen molar-refractivity contribution in [3.8, 4) is 0 Å². The Balaban J connectivity index is 2.19. The van der Waals surface area contributed by atoms with E-state index in [1.54, 1.807) is 11.0 Å². The summed E-state index contributed by atoms with van der Waals surface area (Å²) in [4.78, 5) is 1.65. The zero-order chi connectivity index (χ0) is 14.9. The molecule has 0 bridgehead atoms. The molecule has 3 N–H and O–H groups in total. The summed E-state index contributed by atoms with van der Waals surface area (Å²) in [5.41, 5.74) is 5.70. The van der Waals surface area contributed by atoms with Gasteiger partial charge < -0.3 is 10.6 Å². The molecule has 1 heterocycles. The Morgan fingerprint density at radius 1 is 1.25 bits per heavy atom. The highest BCUT2D eigenvalue weighted by molar-refractivity contribution is 6.00. The Morgan fingerprint density at radius 3 is 2.35 bits per heavy atom. The highest BCUT2D eigenvalue weighted by Crippen LogP contribution is 2.36. The number of piperidine rings is 1. The van der Waals surface area contributed by atoms with Gasteiger partial charge in [-0.1, -0.05) is 6.07 Å². The van der Waals surface area contributed by atoms with Gasteiger partial charge in [0.25, 0.3) is 0 Å². The van der Waals surface area contributed by atoms with E-state index in [2.05, 4.69) is 0 Å². The first-order valence-corrected chi connectivity index (χ1v) is 6.25. The van der Waals surface area contributed by atoms with Crippen LogP contribution in [0.1, 0.15) is 18.4 Å². The predicted octanol–water partition coefficient (Wildman–Crippen LogP) is 2.89. The molecule has 0 aromatic heterocycles. The van der Waals surface area contributed by atoms with Crippen LogP contribution < -0.4 is 10.6 Å². The van der Waals surface area contributed by atoms with Crippen molar-refractivity contribution in [3.05, 3.63) is 29.6 Å². The summed E-state index contributed by atoms with van der Waals surface area (Å²) in [6.07, 6.45) is -4.24. The topological polar surface area (TPSA) is 53.1 Å². The second kappa shape index (κ2) is 5.30. The molecule has 1 aromatic rings. The van der Waals surface area contributed by atoms with Crippen LogP contribution in [0.3, 0.4) is 0 Å². The Labute approximate surface area is 113 Å². The second-order valence-corrected chi connectivity index (χ2v) is 4.85. The van der Waals surface area contributed by atoms with Gasteiger partial charge >= 0.3 is 6.18 Å². The molecule has 0 spiro atoms. The molecule has 7 heteroatoms. The predicted molar refractivity (Wildman–Crippen MR) is 68.4 cm³/mol. The number of amidine groups is 1. The van der Waals surface area contributed by atoms with E-state index in [0.29, 0.717) is 5.69 Å². The van der Waals surface area contributed by atoms with Crippen molar-refractivity contribution in [2.24, 2.45) is 11.7 Å². The van der Waals surface area contributed by atoms with E-state index >= 15 is 0 Å². The van der Waals surface area contributed by atoms with E-state index < -0.39 is 23.7 Å². The fourth-order valence-electron chi connectivity index (χ4n) is 2.49. The summed E-state index contributed by atoms with van der Waals surface area (Å²) in [5, 5.41) is 7.41. The second-order valence-electron chi connectivity index (χ2n) is 4.85. The minimum atomic E-state index is -4.18. The first kappa shape index (κ1) is 14.6. The number of rotatable bonds is 2. The van der Waals surface area contributed by atoms with E-state index in [0.717, 1.165) is 0 Å². The summed E-state index contributed by atoms with van der Waals surface area (Å²) in [7, 11) is 0. The van der Waals surface area contributed by atoms with Crippen molar-refractivity contribution < 1.29 is 17.6 Å². The van der Waals surface area contributed by atoms with Gasteiger partial charge in [0.15, 0.2) is 0 Å². The Morgan fingerprint density at radius 2 is 1.85 bits per heavy atom. The minimum absolute atomic E-state index is 0.0304. The number of hydrogen-bond donors (Lipinski definition) is 2. The molecule has 1 saturated heterocycles. The standard InChI is InChI=1S/C13H15F4N3/c14-9-2-1-3-10(11(9)12(18)19)20-6-4-8(5-7-20)13(15,16)17/h1-3,8H,4-7H2,(H3,18,19). The molecular weight excluding hydrogens is 274 g/mol. The van der Waals surface area contributed by atoms with Crippen molar-refractivity contribution in [1.82, 2.24) is 0 Å². The molecule has 0 saturated carbocycles. The lowest BCUT2D eigenvalue weighted by atomic mass is 9.95. The van der Waals surface area contributed by atoms with Gasteiger partial charge in [-0.2, -0.15) is 13.2 Å². The first-order chi connectivity index (χ1) is 9.30. The number of nitrogens with one attached hydrogen (secondary N) is 1. The van der Waals surface area contributed by atoms with Gasteiger partial charge in [-0.05, 0) is 25.0 Å². The quantitative estimate of drug-likeness (QED) is 0.500. The van der Waals surface area contributed by atoms with Crippen LogP contribution in [0, 0.1) is 17.1 Å². The third-order valence-electron chi connectivity index (χ3n) is 3.56. The van der Waals surface area contributed by atoms with E-state index in [4.69, 9.17) is 11.1 Å². The number of anilines is 1. The van der Waals surface area contributed by atoms with E-state index in [1.807, 2.05) is 0 Å². The molecule has 20 heavy (non-hydrogen) atoms. The van der Waals surface area contributed by atoms with E-state index in [1.165, 1.54) is 12.1 Å². The zero-order valence-electron chi connectivity index (χ0n) is 10.7. The number of benzene rings is 1. The largest absolute Gasteiger partial charge is 0.391 e. The van der Waals surface area contributed by atoms with E-state index in [-0.39, 0.29) is 31.5 Å². The lowest BCUT2D eigenvalue weighted by molar-refractivity contribution is -0.179. The molecule has 110 valence electrons. The van der Waals surface area contributed by atoms with Crippen molar-refractivity contribution in [2.75, 3.05) is 18.0 Å². The monoisotopic (exact) mass is 289 g/mol. The average molecular weight is 289 g/mol. The van der Waals surface area contributed by atoms with Gasteiger partial charge in [-0.3, -0.25) is 5.41 Å². The number of nitrogens with two attached hydrogens (primary N) is 1. The van der Waals surface area contributed by atoms with Crippen molar-refractivity contribution in [3.63, 3.8) is 0 Å². The van der Waals surface area contributed by atoms with Crippen LogP contribution in [0.25, 0.3) is 0 Å². The molecule has 3 nitrogen and oxygen atoms in total. The number of nitrogens with zero attached hydrogens (tertiary/aromatic N) is 1. The van der Waals surface area contributed by atoms with Gasteiger partial charge in [0, 0.05) is 13.1 Å². The molecule has 0 aliphatic carbocycles. The minimum Gasteiger partial charge on any atom is -0.384 e. The molecule has 1 aliphatic heterocycles. The lowest BCUT2D eigenvalue weighted by Gasteiger charge is -2.35. The van der Waals surface area contributed by atoms with Crippen molar-refractivity contribution in [1.29, 1.82) is 5.41 Å². The van der Waals surface area contributed by atoms with Crippen LogP contribution in [0.4, 0.5) is 23.2 Å². The summed E-state index contributed by atoms with van der Waals surface area (Å²) < 4.78 is 51.5. The fraction of sp³-hybridized carbons (Fsp3) is 0.462. The number of nitrogen functional groups attached to an aromatic ring is 1. The van der Waals surface area contributed by atoms with Crippen LogP contribution in [0.2, 0.25) is 0 Å². The molecule has 0 amide bonds. The Hall–Kier alpha value is -1.79. The third-order valence-corrected chi connectivity index (χ3v) is 3.56. The lowest BCUT2D eigenvalue weighted by Crippen LogP contribution is -2.40. The highest BCUT2D eigenvalue weighted by atomic mass is 19.4. The molecule has 2 rings (SSSR count). The molecule has 1 fully saturated rings. The number of halogens is 4.